The van der Waals surface area contributed by atoms with E-state index in [-0.39, 0.29) is 18.7 Å². The van der Waals surface area contributed by atoms with Crippen LogP contribution in [0, 0.1) is 11.6 Å². The molecule has 1 fully saturated rings. The van der Waals surface area contributed by atoms with Gasteiger partial charge in [-0.3, -0.25) is 14.6 Å². The van der Waals surface area contributed by atoms with Crippen molar-refractivity contribution in [1.29, 1.82) is 0 Å². The molecule has 1 saturated heterocycles. The van der Waals surface area contributed by atoms with Gasteiger partial charge < -0.3 is 10.2 Å². The predicted molar refractivity (Wildman–Crippen MR) is 112 cm³/mol. The molecule has 0 bridgehead atoms. The van der Waals surface area contributed by atoms with Crippen molar-refractivity contribution in [3.05, 3.63) is 90.3 Å². The van der Waals surface area contributed by atoms with Gasteiger partial charge in [0, 0.05) is 24.6 Å². The Hall–Kier alpha value is -4.14. The molecule has 4 rings (SSSR count). The van der Waals surface area contributed by atoms with Crippen LogP contribution in [0.1, 0.15) is 12.0 Å². The predicted octanol–water partition coefficient (Wildman–Crippen LogP) is 3.73. The van der Waals surface area contributed by atoms with Crippen LogP contribution in [-0.4, -0.2) is 33.8 Å². The normalized spacial score (nSPS) is 15.9. The van der Waals surface area contributed by atoms with Gasteiger partial charge in [0.1, 0.15) is 17.7 Å². The number of halogens is 2. The topological polar surface area (TPSA) is 82.6 Å². The molecular weight excluding hydrogens is 418 g/mol. The van der Waals surface area contributed by atoms with E-state index < -0.39 is 35.5 Å². The maximum absolute atomic E-state index is 13.3. The Balaban J connectivity index is 1.59. The van der Waals surface area contributed by atoms with Gasteiger partial charge in [-0.15, -0.1) is 0 Å². The molecule has 7 nitrogen and oxygen atoms in total. The molecule has 162 valence electrons. The summed E-state index contributed by atoms with van der Waals surface area (Å²) in [7, 11) is 0. The van der Waals surface area contributed by atoms with Crippen LogP contribution in [0.3, 0.4) is 0 Å². The summed E-state index contributed by atoms with van der Waals surface area (Å²) in [4.78, 5) is 45.2. The monoisotopic (exact) mass is 436 g/mol. The van der Waals surface area contributed by atoms with Crippen molar-refractivity contribution < 1.29 is 23.2 Å². The second-order valence-corrected chi connectivity index (χ2v) is 7.20. The van der Waals surface area contributed by atoms with Crippen LogP contribution in [0.4, 0.5) is 25.0 Å². The quantitative estimate of drug-likeness (QED) is 0.597. The largest absolute Gasteiger partial charge is 0.332 e. The lowest BCUT2D eigenvalue weighted by atomic mass is 10.1. The third-order valence-corrected chi connectivity index (χ3v) is 4.99. The maximum atomic E-state index is 13.3. The van der Waals surface area contributed by atoms with Gasteiger partial charge in [-0.1, -0.05) is 6.07 Å². The molecular formula is C23H18F2N4O3. The fourth-order valence-electron chi connectivity index (χ4n) is 3.45. The summed E-state index contributed by atoms with van der Waals surface area (Å²) >= 11 is 0. The van der Waals surface area contributed by atoms with Crippen molar-refractivity contribution in [1.82, 2.24) is 9.88 Å². The number of imide groups is 1. The molecule has 0 radical (unpaired) electrons. The van der Waals surface area contributed by atoms with Crippen LogP contribution in [0.15, 0.2) is 73.1 Å². The number of rotatable bonds is 6. The second-order valence-electron chi connectivity index (χ2n) is 7.20. The molecule has 0 saturated carbocycles. The van der Waals surface area contributed by atoms with Gasteiger partial charge in [0.05, 0.1) is 12.1 Å². The Kier molecular flexibility index (Phi) is 5.89. The minimum Gasteiger partial charge on any atom is -0.326 e. The summed E-state index contributed by atoms with van der Waals surface area (Å²) in [5.41, 5.74) is 1.25. The number of benzene rings is 2. The SMILES string of the molecule is O=C(C[C@H]1C(=O)N(c2ccc(F)cc2)C(=O)N1Cc1cccnc1)Nc1ccc(F)cc1. The van der Waals surface area contributed by atoms with Gasteiger partial charge in [0.15, 0.2) is 0 Å². The molecule has 32 heavy (non-hydrogen) atoms. The first-order chi connectivity index (χ1) is 15.4. The molecule has 1 aliphatic rings. The minimum absolute atomic E-state index is 0.0601. The molecule has 0 spiro atoms. The number of nitrogens with one attached hydrogen (secondary N) is 1. The minimum atomic E-state index is -1.08. The highest BCUT2D eigenvalue weighted by molar-refractivity contribution is 6.22. The molecule has 0 aliphatic carbocycles. The van der Waals surface area contributed by atoms with Crippen molar-refractivity contribution in [2.24, 2.45) is 0 Å². The molecule has 0 unspecified atom stereocenters. The van der Waals surface area contributed by atoms with E-state index in [1.54, 1.807) is 24.5 Å². The highest BCUT2D eigenvalue weighted by atomic mass is 19.1. The van der Waals surface area contributed by atoms with Crippen LogP contribution in [0.2, 0.25) is 0 Å². The zero-order valence-electron chi connectivity index (χ0n) is 16.7. The molecule has 2 aromatic carbocycles. The lowest BCUT2D eigenvalue weighted by Crippen LogP contribution is -2.37. The van der Waals surface area contributed by atoms with Crippen molar-refractivity contribution in [2.45, 2.75) is 19.0 Å². The van der Waals surface area contributed by atoms with Gasteiger partial charge in [-0.2, -0.15) is 0 Å². The molecule has 1 N–H and O–H groups in total. The molecule has 4 amide bonds. The third-order valence-electron chi connectivity index (χ3n) is 4.99. The first-order valence-electron chi connectivity index (χ1n) is 9.77. The van der Waals surface area contributed by atoms with Gasteiger partial charge in [-0.05, 0) is 60.2 Å². The van der Waals surface area contributed by atoms with Crippen molar-refractivity contribution in [2.75, 3.05) is 10.2 Å². The summed E-state index contributed by atoms with van der Waals surface area (Å²) in [6.07, 6.45) is 2.84. The summed E-state index contributed by atoms with van der Waals surface area (Å²) in [5.74, 6) is -2.06. The Morgan fingerprint density at radius 3 is 2.25 bits per heavy atom. The van der Waals surface area contributed by atoms with Crippen LogP contribution in [0.5, 0.6) is 0 Å². The fraction of sp³-hybridized carbons (Fsp3) is 0.130. The smallest absolute Gasteiger partial charge is 0.326 e. The highest BCUT2D eigenvalue weighted by Crippen LogP contribution is 2.28. The highest BCUT2D eigenvalue weighted by Gasteiger charge is 2.46. The lowest BCUT2D eigenvalue weighted by Gasteiger charge is -2.21. The second kappa shape index (κ2) is 8.93. The zero-order valence-corrected chi connectivity index (χ0v) is 16.7. The number of hydrogen-bond acceptors (Lipinski definition) is 4. The summed E-state index contributed by atoms with van der Waals surface area (Å²) in [6, 6.07) is 11.9. The van der Waals surface area contributed by atoms with E-state index >= 15 is 0 Å². The summed E-state index contributed by atoms with van der Waals surface area (Å²) < 4.78 is 26.4. The van der Waals surface area contributed by atoms with E-state index in [2.05, 4.69) is 10.3 Å². The van der Waals surface area contributed by atoms with E-state index in [0.717, 1.165) is 17.0 Å². The molecule has 1 aromatic heterocycles. The number of amides is 4. The number of anilines is 2. The van der Waals surface area contributed by atoms with Gasteiger partial charge in [0.2, 0.25) is 5.91 Å². The Bertz CT molecular complexity index is 1140. The van der Waals surface area contributed by atoms with Gasteiger partial charge in [-0.25, -0.2) is 18.5 Å². The summed E-state index contributed by atoms with van der Waals surface area (Å²) in [5, 5.41) is 2.60. The molecule has 2 heterocycles. The van der Waals surface area contributed by atoms with Crippen LogP contribution >= 0.6 is 0 Å². The Labute approximate surface area is 182 Å². The van der Waals surface area contributed by atoms with E-state index in [0.29, 0.717) is 11.3 Å². The first kappa shape index (κ1) is 21.1. The van der Waals surface area contributed by atoms with E-state index in [9.17, 15) is 23.2 Å². The van der Waals surface area contributed by atoms with Gasteiger partial charge >= 0.3 is 6.03 Å². The lowest BCUT2D eigenvalue weighted by molar-refractivity contribution is -0.124. The zero-order chi connectivity index (χ0) is 22.7. The van der Waals surface area contributed by atoms with Crippen LogP contribution in [-0.2, 0) is 16.1 Å². The number of carbonyl (C=O) groups excluding carboxylic acids is 3. The molecule has 1 aliphatic heterocycles. The number of urea groups is 1. The number of hydrogen-bond donors (Lipinski definition) is 1. The van der Waals surface area contributed by atoms with Crippen molar-refractivity contribution in [3.8, 4) is 0 Å². The molecule has 9 heteroatoms. The van der Waals surface area contributed by atoms with E-state index in [1.807, 2.05) is 0 Å². The van der Waals surface area contributed by atoms with E-state index in [4.69, 9.17) is 0 Å². The Morgan fingerprint density at radius 1 is 0.969 bits per heavy atom. The number of pyridine rings is 1. The van der Waals surface area contributed by atoms with E-state index in [1.165, 1.54) is 41.3 Å². The first-order valence-corrected chi connectivity index (χ1v) is 9.77. The molecule has 3 aromatic rings. The van der Waals surface area contributed by atoms with Crippen LogP contribution < -0.4 is 10.2 Å². The van der Waals surface area contributed by atoms with Crippen LogP contribution in [0.25, 0.3) is 0 Å². The van der Waals surface area contributed by atoms with Gasteiger partial charge in [0.25, 0.3) is 5.91 Å². The molecule has 1 atom stereocenters. The Morgan fingerprint density at radius 2 is 1.62 bits per heavy atom. The van der Waals surface area contributed by atoms with Crippen molar-refractivity contribution in [3.63, 3.8) is 0 Å². The van der Waals surface area contributed by atoms with Crippen molar-refractivity contribution >= 4 is 29.2 Å². The third kappa shape index (κ3) is 4.46. The number of aromatic nitrogens is 1. The maximum Gasteiger partial charge on any atom is 0.332 e. The standard InChI is InChI=1S/C23H18F2N4O3/c24-16-3-7-18(8-4-16)27-21(30)12-20-22(31)29(19-9-5-17(25)6-10-19)23(32)28(20)14-15-2-1-11-26-13-15/h1-11,13,20H,12,14H2,(H,27,30)/t20-/m0/s1. The number of nitrogens with zero attached hydrogens (tertiary/aromatic N) is 3. The fourth-order valence-corrected chi connectivity index (χ4v) is 3.45. The average Bonchev–Trinajstić information content (AvgIpc) is 3.01. The average molecular weight is 436 g/mol. The summed E-state index contributed by atoms with van der Waals surface area (Å²) in [6.45, 7) is 0.0601. The number of carbonyl (C=O) groups is 3.